The SMILES string of the molecule is O=C([O-])c1cc(-c2c3ccc(=O)cc-3oc3cc([O-])ccc23)c(CO[O-])cc1-c1c2ccc(=O)cc-2oc2cc([O-])ccc12.O=C([O-])c1cc(C(=O)[O-])c(-c2c3ccc(=O)cc-3oc3cc([O-])ccc23)cc1CO[O-].[Na+].[Na+].[Na+].[Na+].[Na+].[Na+].[Na+].[Na+]. The molecule has 0 atom stereocenters. The molecule has 0 amide bonds. The van der Waals surface area contributed by atoms with Crippen LogP contribution in [-0.2, 0) is 23.0 Å². The average Bonchev–Trinajstić information content (AvgIpc) is 3.36. The molecule has 5 aromatic carbocycles. The fraction of sp³-hybridized carbons (Fsp3) is 0.0357. The van der Waals surface area contributed by atoms with Crippen molar-refractivity contribution in [1.82, 2.24) is 0 Å². The van der Waals surface area contributed by atoms with Gasteiger partial charge in [0.1, 0.15) is 34.0 Å². The predicted molar refractivity (Wildman–Crippen MR) is 248 cm³/mol. The molecule has 0 bridgehead atoms. The molecule has 0 spiro atoms. The number of fused-ring (bicyclic) bond motifs is 6. The summed E-state index contributed by atoms with van der Waals surface area (Å²) in [5, 5.41) is 95.8. The van der Waals surface area contributed by atoms with Gasteiger partial charge in [-0.25, -0.2) is 0 Å². The van der Waals surface area contributed by atoms with Gasteiger partial charge in [0.2, 0.25) is 0 Å². The molecule has 0 saturated carbocycles. The minimum absolute atomic E-state index is 0. The Hall–Kier alpha value is -2.18. The standard InChI is InChI=1S/C34H20O10.C22H14O9.8Na/c35-17-1-5-21-28(10-17)43-29-11-18(36)2-6-22(29)32(21)25-14-27(34(39)40)26(9-16(25)15-42-41)33-23-7-3-19(37)12-30(23)44-31-13-20(38)4-8-24(31)33;23-11-1-3-13-18(6-11)31-19-7-12(24)2-4-14(19)20(13)16-5-10(9-30-29)15(21(25)26)8-17(16)22(27)28;;;;;;;;/h1-14,35,37,41H,15H2,(H,39,40);1-8,23,29H,9H2,(H,25,26)(H,27,28);;;;;;;;/q;;8*+1/p-8. The number of hydrogen-bond donors (Lipinski definition) is 0. The zero-order valence-electron chi connectivity index (χ0n) is 45.9. The van der Waals surface area contributed by atoms with Gasteiger partial charge >= 0.3 is 236 Å². The third kappa shape index (κ3) is 16.0. The van der Waals surface area contributed by atoms with Crippen molar-refractivity contribution in [2.75, 3.05) is 0 Å². The topological polar surface area (TPSA) is 345 Å². The second kappa shape index (κ2) is 32.9. The first-order chi connectivity index (χ1) is 36.0. The number of aromatic carboxylic acids is 3. The predicted octanol–water partition coefficient (Wildman–Crippen LogP) is -22.1. The number of carboxylic acids is 3. The maximum atomic E-state index is 12.8. The van der Waals surface area contributed by atoms with Crippen molar-refractivity contribution in [2.45, 2.75) is 13.2 Å². The van der Waals surface area contributed by atoms with Gasteiger partial charge in [-0.3, -0.25) is 14.4 Å². The minimum atomic E-state index is -1.70. The second-order valence-corrected chi connectivity index (χ2v) is 16.9. The zero-order valence-corrected chi connectivity index (χ0v) is 61.9. The smallest absolute Gasteiger partial charge is 0.872 e. The number of benzene rings is 8. The molecule has 11 rings (SSSR count). The van der Waals surface area contributed by atoms with E-state index in [0.717, 1.165) is 6.07 Å². The second-order valence-electron chi connectivity index (χ2n) is 16.9. The van der Waals surface area contributed by atoms with Gasteiger partial charge in [0.05, 0.1) is 31.1 Å². The van der Waals surface area contributed by atoms with E-state index in [1.165, 1.54) is 127 Å². The molecule has 0 fully saturated rings. The molecule has 5 aromatic rings. The Morgan fingerprint density at radius 3 is 1.00 bits per heavy atom. The van der Waals surface area contributed by atoms with Crippen molar-refractivity contribution in [1.29, 1.82) is 0 Å². The van der Waals surface area contributed by atoms with Gasteiger partial charge in [-0.1, -0.05) is 36.4 Å². The van der Waals surface area contributed by atoms with Crippen LogP contribution in [0.2, 0.25) is 0 Å². The van der Waals surface area contributed by atoms with E-state index in [1.807, 2.05) is 0 Å². The van der Waals surface area contributed by atoms with Crippen LogP contribution in [0.5, 0.6) is 17.2 Å². The Morgan fingerprint density at radius 2 is 0.663 bits per heavy atom. The summed E-state index contributed by atoms with van der Waals surface area (Å²) in [6, 6.07) is 28.6. The molecule has 3 aliphatic carbocycles. The Morgan fingerprint density at radius 1 is 0.349 bits per heavy atom. The molecule has 83 heavy (non-hydrogen) atoms. The van der Waals surface area contributed by atoms with E-state index in [0.29, 0.717) is 44.0 Å². The summed E-state index contributed by atoms with van der Waals surface area (Å²) in [5.74, 6) is -5.71. The van der Waals surface area contributed by atoms with E-state index in [4.69, 9.17) is 13.3 Å². The summed E-state index contributed by atoms with van der Waals surface area (Å²) in [5.41, 5.74) is 0.465. The number of carbonyl (C=O) groups excluding carboxylic acids is 3. The van der Waals surface area contributed by atoms with Crippen LogP contribution < -0.4 is 294 Å². The number of rotatable bonds is 10. The van der Waals surface area contributed by atoms with Crippen molar-refractivity contribution in [3.8, 4) is 84.6 Å². The summed E-state index contributed by atoms with van der Waals surface area (Å²) in [4.78, 5) is 80.5. The molecule has 19 nitrogen and oxygen atoms in total. The Bertz CT molecular complexity index is 4300. The van der Waals surface area contributed by atoms with Crippen LogP contribution in [0.3, 0.4) is 0 Å². The van der Waals surface area contributed by atoms with E-state index in [9.17, 15) is 69.9 Å². The molecule has 3 heterocycles. The summed E-state index contributed by atoms with van der Waals surface area (Å²) in [7, 11) is 0. The molecule has 0 saturated heterocycles. The Balaban J connectivity index is 0.000000542. The monoisotopic (exact) mass is 1190 g/mol. The van der Waals surface area contributed by atoms with Gasteiger partial charge in [-0.05, 0) is 107 Å². The summed E-state index contributed by atoms with van der Waals surface area (Å²) >= 11 is 0. The van der Waals surface area contributed by atoms with Crippen LogP contribution >= 0.6 is 0 Å². The quantitative estimate of drug-likeness (QED) is 0.0531. The van der Waals surface area contributed by atoms with Gasteiger partial charge in [-0.15, -0.1) is 17.2 Å². The van der Waals surface area contributed by atoms with Crippen molar-refractivity contribution >= 4 is 50.8 Å². The zero-order chi connectivity index (χ0) is 53.0. The molecular weight excluding hydrogens is 1160 g/mol. The molecule has 27 heteroatoms. The third-order valence-electron chi connectivity index (χ3n) is 12.4. The first kappa shape index (κ1) is 76.9. The molecular formula is C56H26Na8O19. The molecule has 6 aliphatic rings. The fourth-order valence-corrected chi connectivity index (χ4v) is 9.25. The van der Waals surface area contributed by atoms with Crippen molar-refractivity contribution in [2.24, 2.45) is 0 Å². The van der Waals surface area contributed by atoms with Crippen LogP contribution in [0.1, 0.15) is 42.2 Å². The van der Waals surface area contributed by atoms with Crippen LogP contribution in [0.25, 0.3) is 100 Å². The van der Waals surface area contributed by atoms with Gasteiger partial charge < -0.3 is 78.6 Å². The normalized spacial score (nSPS) is 10.3. The van der Waals surface area contributed by atoms with E-state index in [1.54, 1.807) is 0 Å². The van der Waals surface area contributed by atoms with Crippen LogP contribution in [-0.4, -0.2) is 17.9 Å². The van der Waals surface area contributed by atoms with E-state index >= 15 is 0 Å². The molecule has 3 aliphatic heterocycles. The van der Waals surface area contributed by atoms with E-state index < -0.39 is 42.2 Å². The summed E-state index contributed by atoms with van der Waals surface area (Å²) in [6.07, 6.45) is 0. The van der Waals surface area contributed by atoms with Gasteiger partial charge in [-0.2, -0.15) is 0 Å². The molecule has 0 N–H and O–H groups in total. The third-order valence-corrected chi connectivity index (χ3v) is 12.4. The van der Waals surface area contributed by atoms with Crippen LogP contribution in [0.4, 0.5) is 0 Å². The van der Waals surface area contributed by atoms with E-state index in [2.05, 4.69) is 9.78 Å². The molecule has 372 valence electrons. The summed E-state index contributed by atoms with van der Waals surface area (Å²) < 4.78 is 17.4. The number of hydrogen-bond acceptors (Lipinski definition) is 19. The first-order valence-corrected chi connectivity index (χ1v) is 22.0. The van der Waals surface area contributed by atoms with Crippen molar-refractivity contribution in [3.05, 3.63) is 192 Å². The van der Waals surface area contributed by atoms with Gasteiger partial charge in [0.15, 0.2) is 16.3 Å². The van der Waals surface area contributed by atoms with E-state index in [-0.39, 0.29) is 343 Å². The summed E-state index contributed by atoms with van der Waals surface area (Å²) in [6.45, 7) is -1.18. The number of carbonyl (C=O) groups is 3. The largest absolute Gasteiger partial charge is 1.00 e. The van der Waals surface area contributed by atoms with Crippen molar-refractivity contribution in [3.63, 3.8) is 0 Å². The van der Waals surface area contributed by atoms with Gasteiger partial charge in [0.25, 0.3) is 0 Å². The average molecular weight is 1190 g/mol. The maximum Gasteiger partial charge on any atom is 1.00 e. The molecule has 0 unspecified atom stereocenters. The maximum absolute atomic E-state index is 12.8. The number of carboxylic acid groups (broad SMARTS) is 3. The minimum Gasteiger partial charge on any atom is -0.872 e. The molecule has 0 aromatic heterocycles. The first-order valence-electron chi connectivity index (χ1n) is 22.0. The van der Waals surface area contributed by atoms with Gasteiger partial charge in [0, 0.05) is 84.4 Å². The van der Waals surface area contributed by atoms with Crippen LogP contribution in [0, 0.1) is 0 Å². The molecule has 0 radical (unpaired) electrons. The Labute approximate surface area is 645 Å². The fourth-order valence-electron chi connectivity index (χ4n) is 9.25. The van der Waals surface area contributed by atoms with Crippen molar-refractivity contribution < 1.29 is 315 Å². The van der Waals surface area contributed by atoms with Crippen LogP contribution in [0.15, 0.2) is 161 Å². The Kier molecular flexibility index (Phi) is 30.5.